The van der Waals surface area contributed by atoms with E-state index in [0.717, 1.165) is 27.8 Å². The number of benzene rings is 2. The number of aliphatic hydroxyl groups is 2. The van der Waals surface area contributed by atoms with Crippen LogP contribution in [-0.4, -0.2) is 133 Å². The number of hydrogen-bond acceptors (Lipinski definition) is 14. The van der Waals surface area contributed by atoms with Crippen molar-refractivity contribution in [3.05, 3.63) is 107 Å². The normalized spacial score (nSPS) is 34.9. The lowest BCUT2D eigenvalue weighted by Crippen LogP contribution is -2.61. The molecule has 3 fully saturated rings. The van der Waals surface area contributed by atoms with E-state index < -0.39 is 83.8 Å². The molecule has 2 bridgehead atoms. The molecule has 2 aromatic rings. The zero-order valence-corrected chi connectivity index (χ0v) is 48.6. The molecule has 1 aliphatic carbocycles. The summed E-state index contributed by atoms with van der Waals surface area (Å²) in [4.78, 5) is 72.8. The largest absolute Gasteiger partial charge is 0.459 e. The van der Waals surface area contributed by atoms with Gasteiger partial charge in [0.2, 0.25) is 5.79 Å². The zero-order valence-electron chi connectivity index (χ0n) is 48.6. The number of piperidine rings is 1. The lowest BCUT2D eigenvalue weighted by molar-refractivity contribution is -0.265. The number of aliphatic hydroxyl groups excluding tert-OH is 1. The maximum atomic E-state index is 14.6. The molecule has 3 aliphatic heterocycles. The van der Waals surface area contributed by atoms with E-state index in [9.17, 15) is 34.2 Å². The van der Waals surface area contributed by atoms with Crippen molar-refractivity contribution < 1.29 is 62.6 Å². The molecule has 80 heavy (non-hydrogen) atoms. The molecule has 1 amide bonds. The van der Waals surface area contributed by atoms with Crippen molar-refractivity contribution in [3.63, 3.8) is 0 Å². The molecule has 15 heteroatoms. The molecule has 6 rings (SSSR count). The first-order chi connectivity index (χ1) is 38.2. The smallest absolute Gasteiger partial charge is 0.329 e. The highest BCUT2D eigenvalue weighted by atomic mass is 16.6. The van der Waals surface area contributed by atoms with Crippen LogP contribution in [0.3, 0.4) is 0 Å². The molecule has 436 valence electrons. The number of ketones is 3. The van der Waals surface area contributed by atoms with Gasteiger partial charge in [0.1, 0.15) is 30.1 Å². The molecule has 2 aromatic carbocycles. The van der Waals surface area contributed by atoms with Crippen LogP contribution in [0.15, 0.2) is 96.1 Å². The molecule has 15 nitrogen and oxygen atoms in total. The Morgan fingerprint density at radius 3 is 2.29 bits per heavy atom. The number of esters is 1. The Morgan fingerprint density at radius 2 is 1.57 bits per heavy atom. The van der Waals surface area contributed by atoms with Gasteiger partial charge in [-0.3, -0.25) is 19.2 Å². The van der Waals surface area contributed by atoms with Crippen molar-refractivity contribution in [2.24, 2.45) is 35.3 Å². The molecule has 0 aromatic heterocycles. The molecule has 1 saturated carbocycles. The molecule has 0 unspecified atom stereocenters. The lowest BCUT2D eigenvalue weighted by Gasteiger charge is -2.42. The highest BCUT2D eigenvalue weighted by Crippen LogP contribution is 2.38. The van der Waals surface area contributed by atoms with Gasteiger partial charge in [0.15, 0.2) is 5.78 Å². The first-order valence-electron chi connectivity index (χ1n) is 28.7. The van der Waals surface area contributed by atoms with E-state index >= 15 is 0 Å². The van der Waals surface area contributed by atoms with Crippen molar-refractivity contribution in [2.75, 3.05) is 27.9 Å². The standard InChI is InChI=1S/C65H88N2O13/c1-11-46-21-17-23-49(33-46)50-24-18-22-48(34-50)39-78-55-29-27-47(36-58(55)76-9)35-52(66)57-38-54(68)42(4)32-44(6)60(70)61(77-10)59(69)43(5)31-40(2)19-13-12-14-20-41(3)56(75-8)37-51-28-26-45(7)65(74,80-51)62(71)63(72)67-30-16-15-25-53(67)64(73)79-57/h1,12-14,17-24,32-34,40,42-43,45,47,51-53,55-58,60-61,70,74H,15-16,25-31,35-39,66H2,2-10H3/b14-12+,19-13+,41-20+,44-32+/t40-,42-,43-,45-,47+,51+,52-,53+,55-,56+,57+,58-,60-,61+,65-/m1/s1. The molecule has 2 saturated heterocycles. The van der Waals surface area contributed by atoms with Crippen molar-refractivity contribution in [2.45, 2.75) is 186 Å². The number of ether oxygens (including phenoxy) is 6. The number of terminal acetylenes is 1. The van der Waals surface area contributed by atoms with Gasteiger partial charge in [-0.15, -0.1) is 6.42 Å². The number of fused-ring (bicyclic) bond motifs is 3. The third kappa shape index (κ3) is 16.6. The van der Waals surface area contributed by atoms with Crippen molar-refractivity contribution in [1.29, 1.82) is 0 Å². The van der Waals surface area contributed by atoms with Crippen LogP contribution in [0.1, 0.15) is 130 Å². The summed E-state index contributed by atoms with van der Waals surface area (Å²) in [6.07, 6.45) is 16.5. The second kappa shape index (κ2) is 30.1. The van der Waals surface area contributed by atoms with Gasteiger partial charge in [-0.2, -0.15) is 0 Å². The zero-order chi connectivity index (χ0) is 58.3. The third-order valence-electron chi connectivity index (χ3n) is 17.0. The number of cyclic esters (lactones) is 1. The van der Waals surface area contributed by atoms with Crippen LogP contribution in [0.2, 0.25) is 0 Å². The Bertz CT molecular complexity index is 2620. The number of carbonyl (C=O) groups is 5. The topological polar surface area (TPSA) is 210 Å². The average molecular weight is 1110 g/mol. The van der Waals surface area contributed by atoms with Crippen LogP contribution in [-0.2, 0) is 59.0 Å². The fourth-order valence-electron chi connectivity index (χ4n) is 11.9. The van der Waals surface area contributed by atoms with Crippen LogP contribution >= 0.6 is 0 Å². The number of Topliss-reactive ketones (excluding diaryl/α,β-unsaturated/α-hetero) is 3. The summed E-state index contributed by atoms with van der Waals surface area (Å²) in [7, 11) is 4.60. The quantitative estimate of drug-likeness (QED) is 0.0880. The Balaban J connectivity index is 1.24. The Kier molecular flexibility index (Phi) is 24.0. The predicted molar refractivity (Wildman–Crippen MR) is 306 cm³/mol. The fraction of sp³-hybridized carbons (Fsp3) is 0.585. The number of nitrogens with zero attached hydrogens (tertiary/aromatic N) is 1. The molecule has 4 N–H and O–H groups in total. The number of amides is 1. The maximum absolute atomic E-state index is 14.6. The van der Waals surface area contributed by atoms with Gasteiger partial charge in [0.25, 0.3) is 11.7 Å². The number of methoxy groups -OCH3 is 3. The minimum atomic E-state index is -2.46. The van der Waals surface area contributed by atoms with E-state index in [1.165, 1.54) is 12.0 Å². The van der Waals surface area contributed by atoms with Gasteiger partial charge in [0, 0.05) is 70.1 Å². The SMILES string of the molecule is C#Cc1cccc(-c2cccc(CO[C@@H]3CC[C@@H](C[C@@H](N)[C@@H]4CC(=O)[C@H](C)/C=C(\C)[C@@H](O)[C@@H](OC)C(=O)[C@H](C)C[C@H](C)/C=C/C=C/C=C(\C)[C@@H](OC)C[C@@H]5CC[C@@H](C)[C@@](O)(O5)C(=O)C(=O)N5CCCC[C@H]5C(=O)O4)C[C@H]3OC)c2)c1. The number of carbonyl (C=O) groups excluding carboxylic acids is 5. The van der Waals surface area contributed by atoms with E-state index in [-0.39, 0.29) is 55.0 Å². The van der Waals surface area contributed by atoms with E-state index in [4.69, 9.17) is 40.6 Å². The summed E-state index contributed by atoms with van der Waals surface area (Å²) >= 11 is 0. The first kappa shape index (κ1) is 63.8. The summed E-state index contributed by atoms with van der Waals surface area (Å²) in [6.45, 7) is 11.1. The number of allylic oxidation sites excluding steroid dienone is 6. The van der Waals surface area contributed by atoms with E-state index in [1.54, 1.807) is 41.1 Å². The summed E-state index contributed by atoms with van der Waals surface area (Å²) in [5.41, 5.74) is 12.1. The Labute approximate surface area is 474 Å². The summed E-state index contributed by atoms with van der Waals surface area (Å²) in [5.74, 6) is -5.45. The molecule has 15 atom stereocenters. The first-order valence-corrected chi connectivity index (χ1v) is 28.7. The summed E-state index contributed by atoms with van der Waals surface area (Å²) in [6, 6.07) is 13.9. The monoisotopic (exact) mass is 1100 g/mol. The summed E-state index contributed by atoms with van der Waals surface area (Å²) in [5, 5.41) is 23.6. The molecule has 0 spiro atoms. The van der Waals surface area contributed by atoms with Gasteiger partial charge in [-0.05, 0) is 136 Å². The second-order valence-corrected chi connectivity index (χ2v) is 23.0. The van der Waals surface area contributed by atoms with Gasteiger partial charge in [0.05, 0.1) is 31.0 Å². The minimum absolute atomic E-state index is 0.00105. The van der Waals surface area contributed by atoms with Gasteiger partial charge >= 0.3 is 5.97 Å². The minimum Gasteiger partial charge on any atom is -0.459 e. The fourth-order valence-corrected chi connectivity index (χ4v) is 11.9. The predicted octanol–water partition coefficient (Wildman–Crippen LogP) is 8.74. The van der Waals surface area contributed by atoms with Gasteiger partial charge < -0.3 is 49.3 Å². The van der Waals surface area contributed by atoms with Crippen LogP contribution in [0.4, 0.5) is 0 Å². The van der Waals surface area contributed by atoms with Crippen LogP contribution in [0, 0.1) is 41.9 Å². The molecular weight excluding hydrogens is 1020 g/mol. The highest BCUT2D eigenvalue weighted by molar-refractivity contribution is 6.39. The Morgan fingerprint density at radius 1 is 0.838 bits per heavy atom. The maximum Gasteiger partial charge on any atom is 0.329 e. The van der Waals surface area contributed by atoms with Crippen LogP contribution in [0.25, 0.3) is 11.1 Å². The second-order valence-electron chi connectivity index (χ2n) is 23.0. The van der Waals surface area contributed by atoms with Crippen LogP contribution in [0.5, 0.6) is 0 Å². The molecule has 4 aliphatic rings. The van der Waals surface area contributed by atoms with E-state index in [1.807, 2.05) is 93.6 Å². The van der Waals surface area contributed by atoms with Crippen LogP contribution < -0.4 is 5.73 Å². The van der Waals surface area contributed by atoms with Gasteiger partial charge in [-0.1, -0.05) is 100 Å². The highest BCUT2D eigenvalue weighted by Gasteiger charge is 2.53. The average Bonchev–Trinajstić information content (AvgIpc) is 3.47. The summed E-state index contributed by atoms with van der Waals surface area (Å²) < 4.78 is 36.5. The Hall–Kier alpha value is -5.41. The molecular formula is C65H88N2O13. The van der Waals surface area contributed by atoms with E-state index in [0.29, 0.717) is 76.4 Å². The molecule has 3 heterocycles. The van der Waals surface area contributed by atoms with Crippen molar-refractivity contribution in [3.8, 4) is 23.5 Å². The van der Waals surface area contributed by atoms with Gasteiger partial charge in [-0.25, -0.2) is 4.79 Å². The van der Waals surface area contributed by atoms with Crippen molar-refractivity contribution >= 4 is 29.2 Å². The number of hydrogen-bond donors (Lipinski definition) is 3. The van der Waals surface area contributed by atoms with Crippen molar-refractivity contribution in [1.82, 2.24) is 4.90 Å². The lowest BCUT2D eigenvalue weighted by atomic mass is 9.80. The third-order valence-corrected chi connectivity index (χ3v) is 17.0. The number of rotatable bonds is 10. The molecule has 0 radical (unpaired) electrons. The van der Waals surface area contributed by atoms with E-state index in [2.05, 4.69) is 12.0 Å². The number of nitrogens with two attached hydrogens (primary N) is 1.